The quantitative estimate of drug-likeness (QED) is 0.317. The summed E-state index contributed by atoms with van der Waals surface area (Å²) in [6.45, 7) is 4.31. The molecule has 1 atom stereocenters. The van der Waals surface area contributed by atoms with Crippen molar-refractivity contribution >= 4 is 34.7 Å². The average molecular weight is 521 g/mol. The van der Waals surface area contributed by atoms with Crippen molar-refractivity contribution in [3.05, 3.63) is 104 Å². The Morgan fingerprint density at radius 1 is 1.11 bits per heavy atom. The maximum absolute atomic E-state index is 14.0. The Labute approximate surface area is 218 Å². The number of halogens is 2. The van der Waals surface area contributed by atoms with Crippen LogP contribution in [0.2, 0.25) is 5.02 Å². The fourth-order valence-electron chi connectivity index (χ4n) is 5.26. The maximum Gasteiger partial charge on any atom is 0.323 e. The molecular formula is C28H26ClFN4OS. The van der Waals surface area contributed by atoms with Crippen molar-refractivity contribution in [2.24, 2.45) is 0 Å². The van der Waals surface area contributed by atoms with Gasteiger partial charge in [0, 0.05) is 29.7 Å². The van der Waals surface area contributed by atoms with Gasteiger partial charge in [0.2, 0.25) is 0 Å². The summed E-state index contributed by atoms with van der Waals surface area (Å²) in [7, 11) is 2.14. The molecule has 1 N–H and O–H groups in total. The normalized spacial score (nSPS) is 17.2. The highest BCUT2D eigenvalue weighted by Gasteiger charge is 2.36. The average Bonchev–Trinajstić information content (AvgIpc) is 3.43. The van der Waals surface area contributed by atoms with Crippen molar-refractivity contribution in [2.75, 3.05) is 18.9 Å². The summed E-state index contributed by atoms with van der Waals surface area (Å²) in [5.74, 6) is -0.303. The molecule has 0 saturated heterocycles. The SMILES string of the molecule is Cc1ccc(NC(=O)N2Cc3c(sc4c3CCN(C)C4)-n3cccc3C2c2ccc(F)cc2)c(Cl)c1. The zero-order valence-electron chi connectivity index (χ0n) is 20.1. The van der Waals surface area contributed by atoms with Crippen LogP contribution in [0.4, 0.5) is 14.9 Å². The first-order valence-corrected chi connectivity index (χ1v) is 13.2. The number of thiophene rings is 1. The first-order chi connectivity index (χ1) is 17.4. The van der Waals surface area contributed by atoms with Gasteiger partial charge in [-0.2, -0.15) is 0 Å². The van der Waals surface area contributed by atoms with Gasteiger partial charge in [-0.15, -0.1) is 11.3 Å². The number of carbonyl (C=O) groups is 1. The summed E-state index contributed by atoms with van der Waals surface area (Å²) in [5.41, 5.74) is 5.95. The fourth-order valence-corrected chi connectivity index (χ4v) is 6.98. The van der Waals surface area contributed by atoms with Crippen LogP contribution in [0.3, 0.4) is 0 Å². The Bertz CT molecular complexity index is 1460. The van der Waals surface area contributed by atoms with E-state index < -0.39 is 6.04 Å². The second-order valence-corrected chi connectivity index (χ2v) is 11.1. The minimum Gasteiger partial charge on any atom is -0.310 e. The number of nitrogens with zero attached hydrogens (tertiary/aromatic N) is 3. The fraction of sp³-hybridized carbons (Fsp3) is 0.250. The highest BCUT2D eigenvalue weighted by atomic mass is 35.5. The van der Waals surface area contributed by atoms with E-state index in [1.807, 2.05) is 42.2 Å². The highest BCUT2D eigenvalue weighted by Crippen LogP contribution is 2.43. The molecule has 6 rings (SSSR count). The Balaban J connectivity index is 1.49. The Morgan fingerprint density at radius 2 is 1.92 bits per heavy atom. The van der Waals surface area contributed by atoms with Gasteiger partial charge in [0.1, 0.15) is 10.8 Å². The van der Waals surface area contributed by atoms with Crippen LogP contribution in [0.25, 0.3) is 5.00 Å². The Morgan fingerprint density at radius 3 is 2.69 bits per heavy atom. The number of nitrogens with one attached hydrogen (secondary N) is 1. The molecule has 184 valence electrons. The third-order valence-electron chi connectivity index (χ3n) is 7.07. The zero-order valence-corrected chi connectivity index (χ0v) is 21.7. The van der Waals surface area contributed by atoms with Crippen LogP contribution in [0, 0.1) is 12.7 Å². The molecule has 2 aromatic carbocycles. The molecule has 0 fully saturated rings. The van der Waals surface area contributed by atoms with Crippen molar-refractivity contribution in [1.29, 1.82) is 0 Å². The van der Waals surface area contributed by atoms with E-state index in [0.29, 0.717) is 17.3 Å². The Kier molecular flexibility index (Phi) is 5.86. The number of likely N-dealkylation sites (N-methyl/N-ethyl adjacent to an activating group) is 1. The molecular weight excluding hydrogens is 495 g/mol. The monoisotopic (exact) mass is 520 g/mol. The van der Waals surface area contributed by atoms with Crippen molar-refractivity contribution in [1.82, 2.24) is 14.4 Å². The van der Waals surface area contributed by atoms with E-state index in [4.69, 9.17) is 11.6 Å². The maximum atomic E-state index is 14.0. The summed E-state index contributed by atoms with van der Waals surface area (Å²) in [4.78, 5) is 19.5. The molecule has 2 aliphatic rings. The van der Waals surface area contributed by atoms with Crippen LogP contribution in [0.5, 0.6) is 0 Å². The number of rotatable bonds is 2. The molecule has 1 unspecified atom stereocenters. The van der Waals surface area contributed by atoms with E-state index in [1.165, 1.54) is 28.1 Å². The summed E-state index contributed by atoms with van der Waals surface area (Å²) in [5, 5.41) is 4.70. The lowest BCUT2D eigenvalue weighted by Crippen LogP contribution is -2.38. The van der Waals surface area contributed by atoms with Crippen molar-refractivity contribution < 1.29 is 9.18 Å². The number of carbonyl (C=O) groups excluding carboxylic acids is 1. The smallest absolute Gasteiger partial charge is 0.310 e. The van der Waals surface area contributed by atoms with Crippen molar-refractivity contribution in [2.45, 2.75) is 32.5 Å². The molecule has 0 radical (unpaired) electrons. The van der Waals surface area contributed by atoms with Crippen LogP contribution >= 0.6 is 22.9 Å². The number of hydrogen-bond acceptors (Lipinski definition) is 3. The number of urea groups is 1. The third kappa shape index (κ3) is 4.01. The minimum atomic E-state index is -0.397. The van der Waals surface area contributed by atoms with Gasteiger partial charge in [0.25, 0.3) is 0 Å². The number of aryl methyl sites for hydroxylation is 1. The van der Waals surface area contributed by atoms with Gasteiger partial charge < -0.3 is 19.7 Å². The molecule has 4 heterocycles. The third-order valence-corrected chi connectivity index (χ3v) is 8.64. The highest BCUT2D eigenvalue weighted by molar-refractivity contribution is 7.15. The number of aromatic nitrogens is 1. The molecule has 0 bridgehead atoms. The zero-order chi connectivity index (χ0) is 25.0. The second kappa shape index (κ2) is 9.07. The molecule has 2 aromatic heterocycles. The molecule has 5 nitrogen and oxygen atoms in total. The van der Waals surface area contributed by atoms with Gasteiger partial charge >= 0.3 is 6.03 Å². The lowest BCUT2D eigenvalue weighted by atomic mass is 10.0. The van der Waals surface area contributed by atoms with Gasteiger partial charge in [-0.1, -0.05) is 29.8 Å². The number of benzene rings is 2. The minimum absolute atomic E-state index is 0.247. The van der Waals surface area contributed by atoms with Gasteiger partial charge in [-0.25, -0.2) is 9.18 Å². The molecule has 36 heavy (non-hydrogen) atoms. The summed E-state index contributed by atoms with van der Waals surface area (Å²) < 4.78 is 16.1. The van der Waals surface area contributed by atoms with E-state index in [2.05, 4.69) is 28.0 Å². The molecule has 0 aliphatic carbocycles. The van der Waals surface area contributed by atoms with Crippen LogP contribution in [-0.2, 0) is 19.5 Å². The molecule has 8 heteroatoms. The number of hydrogen-bond donors (Lipinski definition) is 1. The lowest BCUT2D eigenvalue weighted by molar-refractivity contribution is 0.194. The molecule has 2 aliphatic heterocycles. The predicted octanol–water partition coefficient (Wildman–Crippen LogP) is 6.76. The summed E-state index contributed by atoms with van der Waals surface area (Å²) >= 11 is 8.27. The van der Waals surface area contributed by atoms with E-state index in [-0.39, 0.29) is 11.8 Å². The van der Waals surface area contributed by atoms with E-state index in [1.54, 1.807) is 23.5 Å². The first-order valence-electron chi connectivity index (χ1n) is 12.0. The van der Waals surface area contributed by atoms with Gasteiger partial charge in [-0.05, 0) is 73.5 Å². The second-order valence-electron chi connectivity index (χ2n) is 9.57. The molecule has 0 spiro atoms. The number of fused-ring (bicyclic) bond motifs is 5. The largest absolute Gasteiger partial charge is 0.323 e. The summed E-state index contributed by atoms with van der Waals surface area (Å²) in [6.07, 6.45) is 3.02. The van der Waals surface area contributed by atoms with E-state index in [0.717, 1.165) is 41.3 Å². The van der Waals surface area contributed by atoms with Gasteiger partial charge in [0.15, 0.2) is 0 Å². The predicted molar refractivity (Wildman–Crippen MR) is 143 cm³/mol. The molecule has 2 amide bonds. The first kappa shape index (κ1) is 23.3. The van der Waals surface area contributed by atoms with Crippen molar-refractivity contribution in [3.8, 4) is 5.00 Å². The van der Waals surface area contributed by atoms with Gasteiger partial charge in [-0.3, -0.25) is 0 Å². The van der Waals surface area contributed by atoms with Gasteiger partial charge in [0.05, 0.1) is 29.0 Å². The van der Waals surface area contributed by atoms with Crippen LogP contribution in [-0.4, -0.2) is 34.0 Å². The van der Waals surface area contributed by atoms with Crippen molar-refractivity contribution in [3.63, 3.8) is 0 Å². The number of amides is 2. The lowest BCUT2D eigenvalue weighted by Gasteiger charge is -2.32. The topological polar surface area (TPSA) is 40.5 Å². The Hall–Kier alpha value is -3.13. The van der Waals surface area contributed by atoms with Crippen LogP contribution in [0.15, 0.2) is 60.8 Å². The van der Waals surface area contributed by atoms with E-state index >= 15 is 0 Å². The van der Waals surface area contributed by atoms with Crippen LogP contribution in [0.1, 0.15) is 38.9 Å². The summed E-state index contributed by atoms with van der Waals surface area (Å²) in [6, 6.07) is 15.4. The van der Waals surface area contributed by atoms with E-state index in [9.17, 15) is 9.18 Å². The standard InChI is InChI=1S/C28H26ClFN4OS/c1-17-5-10-23(22(29)14-17)31-28(35)34-15-21-20-11-13-32(2)16-25(20)36-27(21)33-12-3-4-24(33)26(34)18-6-8-19(30)9-7-18/h3-10,12,14,26H,11,13,15-16H2,1-2H3,(H,31,35). The van der Waals surface area contributed by atoms with Crippen LogP contribution < -0.4 is 5.32 Å². The number of anilines is 1. The molecule has 0 saturated carbocycles. The molecule has 4 aromatic rings.